The van der Waals surface area contributed by atoms with Crippen LogP contribution in [0.4, 0.5) is 10.2 Å². The first-order valence-corrected chi connectivity index (χ1v) is 7.41. The standard InChI is InChI=1S/C12H12FN3O4S/c1-2-8-6-11(15-14-8)16-21(19,20)10-4-3-7(12(17)18)5-9(10)13/h3-6H,2H2,1H3,(H,17,18)(H2,14,15,16). The molecule has 0 atom stereocenters. The van der Waals surface area contributed by atoms with Crippen LogP contribution in [0.1, 0.15) is 23.0 Å². The number of hydrogen-bond acceptors (Lipinski definition) is 4. The Kier molecular flexibility index (Phi) is 3.94. The van der Waals surface area contributed by atoms with Crippen molar-refractivity contribution in [1.29, 1.82) is 0 Å². The molecule has 1 aromatic heterocycles. The van der Waals surface area contributed by atoms with Gasteiger partial charge in [0.2, 0.25) is 0 Å². The zero-order valence-electron chi connectivity index (χ0n) is 10.9. The Labute approximate surface area is 119 Å². The van der Waals surface area contributed by atoms with Gasteiger partial charge in [-0.05, 0) is 24.6 Å². The Hall–Kier alpha value is -2.42. The molecule has 0 radical (unpaired) electrons. The fourth-order valence-corrected chi connectivity index (χ4v) is 2.69. The van der Waals surface area contributed by atoms with E-state index in [1.807, 2.05) is 6.92 Å². The summed E-state index contributed by atoms with van der Waals surface area (Å²) in [5, 5.41) is 15.1. The number of nitrogens with one attached hydrogen (secondary N) is 2. The predicted octanol–water partition coefficient (Wildman–Crippen LogP) is 1.61. The quantitative estimate of drug-likeness (QED) is 0.776. The first kappa shape index (κ1) is 15.0. The van der Waals surface area contributed by atoms with Crippen LogP contribution in [0.25, 0.3) is 0 Å². The van der Waals surface area contributed by atoms with Crippen LogP contribution in [0, 0.1) is 5.82 Å². The zero-order valence-corrected chi connectivity index (χ0v) is 11.7. The maximum absolute atomic E-state index is 13.8. The number of carboxylic acids is 1. The van der Waals surface area contributed by atoms with E-state index < -0.39 is 26.7 Å². The van der Waals surface area contributed by atoms with Crippen molar-refractivity contribution in [3.05, 3.63) is 41.3 Å². The molecule has 21 heavy (non-hydrogen) atoms. The minimum absolute atomic E-state index is 0.0357. The lowest BCUT2D eigenvalue weighted by atomic mass is 10.2. The number of hydrogen-bond donors (Lipinski definition) is 3. The van der Waals surface area contributed by atoms with Crippen molar-refractivity contribution in [2.45, 2.75) is 18.2 Å². The molecular weight excluding hydrogens is 301 g/mol. The van der Waals surface area contributed by atoms with Gasteiger partial charge in [-0.1, -0.05) is 6.92 Å². The molecule has 0 saturated heterocycles. The highest BCUT2D eigenvalue weighted by atomic mass is 32.2. The third-order valence-corrected chi connectivity index (χ3v) is 4.11. The molecule has 1 aromatic carbocycles. The van der Waals surface area contributed by atoms with Crippen LogP contribution in [0.5, 0.6) is 0 Å². The molecular formula is C12H12FN3O4S. The Balaban J connectivity index is 2.33. The summed E-state index contributed by atoms with van der Waals surface area (Å²) in [6, 6.07) is 4.05. The molecule has 0 bridgehead atoms. The lowest BCUT2D eigenvalue weighted by molar-refractivity contribution is 0.0696. The zero-order chi connectivity index (χ0) is 15.6. The van der Waals surface area contributed by atoms with Crippen LogP contribution in [0.3, 0.4) is 0 Å². The van der Waals surface area contributed by atoms with E-state index in [2.05, 4.69) is 14.9 Å². The molecule has 0 spiro atoms. The molecule has 0 aliphatic carbocycles. The van der Waals surface area contributed by atoms with Gasteiger partial charge in [0.05, 0.1) is 5.56 Å². The van der Waals surface area contributed by atoms with Crippen molar-refractivity contribution in [2.24, 2.45) is 0 Å². The normalized spacial score (nSPS) is 11.3. The number of halogens is 1. The third kappa shape index (κ3) is 3.19. The number of benzene rings is 1. The third-order valence-electron chi connectivity index (χ3n) is 2.72. The van der Waals surface area contributed by atoms with Gasteiger partial charge in [0, 0.05) is 11.8 Å². The van der Waals surface area contributed by atoms with E-state index in [0.717, 1.165) is 17.8 Å². The molecule has 112 valence electrons. The highest BCUT2D eigenvalue weighted by Gasteiger charge is 2.21. The van der Waals surface area contributed by atoms with E-state index in [9.17, 15) is 17.6 Å². The summed E-state index contributed by atoms with van der Waals surface area (Å²) in [5.74, 6) is -2.45. The monoisotopic (exact) mass is 313 g/mol. The highest BCUT2D eigenvalue weighted by molar-refractivity contribution is 7.92. The minimum Gasteiger partial charge on any atom is -0.478 e. The number of nitrogens with zero attached hydrogens (tertiary/aromatic N) is 1. The summed E-state index contributed by atoms with van der Waals surface area (Å²) >= 11 is 0. The molecule has 0 aliphatic rings. The van der Waals surface area contributed by atoms with Crippen molar-refractivity contribution in [2.75, 3.05) is 4.72 Å². The highest BCUT2D eigenvalue weighted by Crippen LogP contribution is 2.19. The first-order chi connectivity index (χ1) is 9.83. The fourth-order valence-electron chi connectivity index (χ4n) is 1.64. The van der Waals surface area contributed by atoms with Crippen LogP contribution in [-0.4, -0.2) is 29.7 Å². The first-order valence-electron chi connectivity index (χ1n) is 5.93. The number of H-pyrrole nitrogens is 1. The summed E-state index contributed by atoms with van der Waals surface area (Å²) in [6.07, 6.45) is 0.635. The maximum Gasteiger partial charge on any atom is 0.335 e. The van der Waals surface area contributed by atoms with Crippen molar-refractivity contribution in [3.63, 3.8) is 0 Å². The predicted molar refractivity (Wildman–Crippen MR) is 72.1 cm³/mol. The number of rotatable bonds is 5. The van der Waals surface area contributed by atoms with Gasteiger partial charge in [0.25, 0.3) is 10.0 Å². The molecule has 0 amide bonds. The second kappa shape index (κ2) is 5.52. The van der Waals surface area contributed by atoms with Gasteiger partial charge in [0.15, 0.2) is 5.82 Å². The summed E-state index contributed by atoms with van der Waals surface area (Å²) in [6.45, 7) is 1.86. The number of carboxylic acid groups (broad SMARTS) is 1. The SMILES string of the molecule is CCc1cc(NS(=O)(=O)c2ccc(C(=O)O)cc2F)n[nH]1. The summed E-state index contributed by atoms with van der Waals surface area (Å²) in [4.78, 5) is 10.1. The number of sulfonamides is 1. The minimum atomic E-state index is -4.18. The molecule has 0 aliphatic heterocycles. The van der Waals surface area contributed by atoms with E-state index in [4.69, 9.17) is 5.11 Å². The average molecular weight is 313 g/mol. The van der Waals surface area contributed by atoms with Gasteiger partial charge in [-0.25, -0.2) is 17.6 Å². The Bertz CT molecular complexity index is 786. The maximum atomic E-state index is 13.8. The smallest absolute Gasteiger partial charge is 0.335 e. The topological polar surface area (TPSA) is 112 Å². The molecule has 9 heteroatoms. The van der Waals surface area contributed by atoms with Crippen molar-refractivity contribution >= 4 is 21.8 Å². The van der Waals surface area contributed by atoms with Crippen molar-refractivity contribution in [1.82, 2.24) is 10.2 Å². The largest absolute Gasteiger partial charge is 0.478 e. The number of carbonyl (C=O) groups is 1. The summed E-state index contributed by atoms with van der Waals surface area (Å²) in [7, 11) is -4.18. The second-order valence-corrected chi connectivity index (χ2v) is 5.84. The van der Waals surface area contributed by atoms with E-state index >= 15 is 0 Å². The van der Waals surface area contributed by atoms with E-state index in [1.165, 1.54) is 6.07 Å². The van der Waals surface area contributed by atoms with E-state index in [1.54, 1.807) is 0 Å². The molecule has 0 fully saturated rings. The van der Waals surface area contributed by atoms with Crippen LogP contribution in [0.15, 0.2) is 29.2 Å². The average Bonchev–Trinajstić information content (AvgIpc) is 2.85. The van der Waals surface area contributed by atoms with Crippen LogP contribution >= 0.6 is 0 Å². The van der Waals surface area contributed by atoms with Gasteiger partial charge < -0.3 is 5.11 Å². The Morgan fingerprint density at radius 3 is 2.67 bits per heavy atom. The summed E-state index contributed by atoms with van der Waals surface area (Å²) in [5.41, 5.74) is 0.383. The van der Waals surface area contributed by atoms with E-state index in [-0.39, 0.29) is 11.4 Å². The van der Waals surface area contributed by atoms with Crippen molar-refractivity contribution in [3.8, 4) is 0 Å². The van der Waals surface area contributed by atoms with Crippen LogP contribution in [-0.2, 0) is 16.4 Å². The molecule has 1 heterocycles. The number of anilines is 1. The molecule has 0 saturated carbocycles. The summed E-state index contributed by atoms with van der Waals surface area (Å²) < 4.78 is 40.0. The molecule has 7 nitrogen and oxygen atoms in total. The number of aromatic nitrogens is 2. The number of aromatic amines is 1. The molecule has 0 unspecified atom stereocenters. The molecule has 3 N–H and O–H groups in total. The van der Waals surface area contributed by atoms with Crippen molar-refractivity contribution < 1.29 is 22.7 Å². The lowest BCUT2D eigenvalue weighted by Gasteiger charge is -2.06. The Morgan fingerprint density at radius 1 is 1.43 bits per heavy atom. The number of aryl methyl sites for hydroxylation is 1. The van der Waals surface area contributed by atoms with E-state index in [0.29, 0.717) is 12.5 Å². The van der Waals surface area contributed by atoms with Gasteiger partial charge in [-0.15, -0.1) is 0 Å². The fraction of sp³-hybridized carbons (Fsp3) is 0.167. The van der Waals surface area contributed by atoms with Gasteiger partial charge in [0.1, 0.15) is 10.7 Å². The van der Waals surface area contributed by atoms with Gasteiger partial charge in [-0.2, -0.15) is 5.10 Å². The lowest BCUT2D eigenvalue weighted by Crippen LogP contribution is -2.15. The van der Waals surface area contributed by atoms with Crippen LogP contribution < -0.4 is 4.72 Å². The Morgan fingerprint density at radius 2 is 2.14 bits per heavy atom. The van der Waals surface area contributed by atoms with Gasteiger partial charge in [-0.3, -0.25) is 9.82 Å². The van der Waals surface area contributed by atoms with Crippen LogP contribution in [0.2, 0.25) is 0 Å². The molecule has 2 rings (SSSR count). The molecule has 2 aromatic rings. The van der Waals surface area contributed by atoms with Gasteiger partial charge >= 0.3 is 5.97 Å². The number of aromatic carboxylic acids is 1. The second-order valence-electron chi connectivity index (χ2n) is 4.19.